The highest BCUT2D eigenvalue weighted by Gasteiger charge is 2.41. The van der Waals surface area contributed by atoms with E-state index in [0.717, 1.165) is 42.2 Å². The summed E-state index contributed by atoms with van der Waals surface area (Å²) in [6, 6.07) is 25.8. The summed E-state index contributed by atoms with van der Waals surface area (Å²) < 4.78 is 6.31. The van der Waals surface area contributed by atoms with Crippen LogP contribution >= 0.6 is 12.2 Å². The first-order valence-electron chi connectivity index (χ1n) is 11.7. The quantitative estimate of drug-likeness (QED) is 0.131. The SMILES string of the molecule is O=[N+]([O-])c1ccc(-c2ccc([C@@H]3[C@@H](c4ccccn4)NC(=S)N3CCCNc3ccccc3)o2)cc1. The fraction of sp³-hybridized carbons (Fsp3) is 0.185. The number of hydrogen-bond donors (Lipinski definition) is 2. The normalized spacial score (nSPS) is 17.1. The molecule has 4 aromatic rings. The summed E-state index contributed by atoms with van der Waals surface area (Å²) in [5, 5.41) is 18.5. The minimum atomic E-state index is -0.412. The van der Waals surface area contributed by atoms with Gasteiger partial charge in [0.1, 0.15) is 17.6 Å². The third-order valence-corrected chi connectivity index (χ3v) is 6.51. The average molecular weight is 500 g/mol. The third-order valence-electron chi connectivity index (χ3n) is 6.16. The van der Waals surface area contributed by atoms with Gasteiger partial charge < -0.3 is 20.0 Å². The van der Waals surface area contributed by atoms with E-state index >= 15 is 0 Å². The lowest BCUT2D eigenvalue weighted by Crippen LogP contribution is -2.31. The van der Waals surface area contributed by atoms with Crippen LogP contribution in [0, 0.1) is 10.1 Å². The standard InChI is InChI=1S/C27H25N5O3S/c33-32(34)21-12-10-19(11-13-21)23-14-15-24(35-23)26-25(22-9-4-5-16-29-22)30-27(36)31(26)18-6-17-28-20-7-2-1-3-8-20/h1-5,7-16,25-26,28H,6,17-18H2,(H,30,36)/t25-,26-/m1/s1. The molecule has 1 fully saturated rings. The van der Waals surface area contributed by atoms with Crippen molar-refractivity contribution >= 4 is 28.7 Å². The number of rotatable bonds is 9. The molecule has 1 aliphatic heterocycles. The Bertz CT molecular complexity index is 1330. The van der Waals surface area contributed by atoms with E-state index in [1.807, 2.05) is 60.7 Å². The van der Waals surface area contributed by atoms with Crippen LogP contribution in [0.15, 0.2) is 95.5 Å². The summed E-state index contributed by atoms with van der Waals surface area (Å²) >= 11 is 5.74. The van der Waals surface area contributed by atoms with E-state index in [4.69, 9.17) is 16.6 Å². The van der Waals surface area contributed by atoms with Gasteiger partial charge in [-0.3, -0.25) is 15.1 Å². The highest BCUT2D eigenvalue weighted by molar-refractivity contribution is 7.80. The Morgan fingerprint density at radius 1 is 1.03 bits per heavy atom. The fourth-order valence-corrected chi connectivity index (χ4v) is 4.74. The Hall–Kier alpha value is -4.24. The van der Waals surface area contributed by atoms with Crippen molar-refractivity contribution in [2.24, 2.45) is 0 Å². The van der Waals surface area contributed by atoms with Gasteiger partial charge in [0.15, 0.2) is 5.11 Å². The first-order valence-corrected chi connectivity index (χ1v) is 12.1. The zero-order valence-electron chi connectivity index (χ0n) is 19.4. The summed E-state index contributed by atoms with van der Waals surface area (Å²) in [5.74, 6) is 1.39. The molecule has 0 spiro atoms. The molecule has 2 aromatic heterocycles. The van der Waals surface area contributed by atoms with E-state index < -0.39 is 4.92 Å². The number of benzene rings is 2. The van der Waals surface area contributed by atoms with Crippen molar-refractivity contribution in [1.82, 2.24) is 15.2 Å². The van der Waals surface area contributed by atoms with Crippen LogP contribution in [-0.2, 0) is 0 Å². The van der Waals surface area contributed by atoms with Crippen LogP contribution in [0.4, 0.5) is 11.4 Å². The minimum Gasteiger partial charge on any atom is -0.459 e. The van der Waals surface area contributed by atoms with Crippen LogP contribution in [0.3, 0.4) is 0 Å². The highest BCUT2D eigenvalue weighted by atomic mass is 32.1. The maximum atomic E-state index is 11.0. The molecule has 36 heavy (non-hydrogen) atoms. The summed E-state index contributed by atoms with van der Waals surface area (Å²) in [4.78, 5) is 17.3. The van der Waals surface area contributed by atoms with Crippen molar-refractivity contribution in [3.63, 3.8) is 0 Å². The Morgan fingerprint density at radius 3 is 2.53 bits per heavy atom. The zero-order valence-corrected chi connectivity index (χ0v) is 20.2. The number of anilines is 1. The molecule has 0 saturated carbocycles. The molecule has 0 amide bonds. The smallest absolute Gasteiger partial charge is 0.269 e. The second-order valence-corrected chi connectivity index (χ2v) is 8.86. The second kappa shape index (κ2) is 10.6. The van der Waals surface area contributed by atoms with Crippen LogP contribution in [0.5, 0.6) is 0 Å². The molecular formula is C27H25N5O3S. The number of nitrogens with zero attached hydrogens (tertiary/aromatic N) is 3. The monoisotopic (exact) mass is 499 g/mol. The van der Waals surface area contributed by atoms with E-state index in [0.29, 0.717) is 10.9 Å². The maximum absolute atomic E-state index is 11.0. The summed E-state index contributed by atoms with van der Waals surface area (Å²) in [6.45, 7) is 1.53. The Morgan fingerprint density at radius 2 is 1.81 bits per heavy atom. The second-order valence-electron chi connectivity index (χ2n) is 8.47. The van der Waals surface area contributed by atoms with Crippen LogP contribution in [0.2, 0.25) is 0 Å². The van der Waals surface area contributed by atoms with Crippen molar-refractivity contribution in [1.29, 1.82) is 0 Å². The minimum absolute atomic E-state index is 0.0429. The number of furan rings is 1. The third kappa shape index (κ3) is 5.06. The van der Waals surface area contributed by atoms with E-state index in [1.165, 1.54) is 12.1 Å². The van der Waals surface area contributed by atoms with Gasteiger partial charge >= 0.3 is 0 Å². The molecule has 8 nitrogen and oxygen atoms in total. The molecule has 1 saturated heterocycles. The predicted octanol–water partition coefficient (Wildman–Crippen LogP) is 5.72. The number of pyridine rings is 1. The van der Waals surface area contributed by atoms with E-state index in [9.17, 15) is 10.1 Å². The molecule has 1 aliphatic rings. The molecule has 2 atom stereocenters. The average Bonchev–Trinajstić information content (AvgIpc) is 3.52. The summed E-state index contributed by atoms with van der Waals surface area (Å²) in [5.41, 5.74) is 2.78. The molecule has 0 bridgehead atoms. The molecule has 0 unspecified atom stereocenters. The maximum Gasteiger partial charge on any atom is 0.269 e. The lowest BCUT2D eigenvalue weighted by molar-refractivity contribution is -0.384. The number of hydrogen-bond acceptors (Lipinski definition) is 6. The van der Waals surface area contributed by atoms with E-state index in [1.54, 1.807) is 18.3 Å². The van der Waals surface area contributed by atoms with E-state index in [2.05, 4.69) is 20.5 Å². The predicted molar refractivity (Wildman–Crippen MR) is 143 cm³/mol. The van der Waals surface area contributed by atoms with Crippen molar-refractivity contribution in [2.75, 3.05) is 18.4 Å². The lowest BCUT2D eigenvalue weighted by atomic mass is 10.0. The van der Waals surface area contributed by atoms with Gasteiger partial charge in [-0.2, -0.15) is 0 Å². The van der Waals surface area contributed by atoms with Crippen LogP contribution in [0.1, 0.15) is 30.0 Å². The van der Waals surface area contributed by atoms with Gasteiger partial charge in [0.2, 0.25) is 0 Å². The van der Waals surface area contributed by atoms with Crippen molar-refractivity contribution < 1.29 is 9.34 Å². The molecular weight excluding hydrogens is 474 g/mol. The topological polar surface area (TPSA) is 96.5 Å². The van der Waals surface area contributed by atoms with Gasteiger partial charge in [0.25, 0.3) is 5.69 Å². The van der Waals surface area contributed by atoms with E-state index in [-0.39, 0.29) is 17.8 Å². The molecule has 2 N–H and O–H groups in total. The van der Waals surface area contributed by atoms with Gasteiger partial charge in [-0.05, 0) is 67.2 Å². The van der Waals surface area contributed by atoms with Gasteiger partial charge in [-0.1, -0.05) is 24.3 Å². The Kier molecular flexibility index (Phi) is 6.90. The number of aromatic nitrogens is 1. The summed E-state index contributed by atoms with van der Waals surface area (Å²) in [7, 11) is 0. The van der Waals surface area contributed by atoms with Crippen molar-refractivity contribution in [3.05, 3.63) is 113 Å². The number of para-hydroxylation sites is 1. The van der Waals surface area contributed by atoms with Crippen LogP contribution in [-0.4, -0.2) is 33.0 Å². The number of nitro groups is 1. The molecule has 0 aliphatic carbocycles. The number of nitro benzene ring substituents is 1. The molecule has 2 aromatic carbocycles. The van der Waals surface area contributed by atoms with Gasteiger partial charge in [-0.15, -0.1) is 0 Å². The zero-order chi connectivity index (χ0) is 24.9. The Labute approximate surface area is 214 Å². The Balaban J connectivity index is 1.37. The molecule has 182 valence electrons. The molecule has 3 heterocycles. The molecule has 0 radical (unpaired) electrons. The molecule has 5 rings (SSSR count). The van der Waals surface area contributed by atoms with Crippen LogP contribution in [0.25, 0.3) is 11.3 Å². The van der Waals surface area contributed by atoms with Crippen molar-refractivity contribution in [2.45, 2.75) is 18.5 Å². The van der Waals surface area contributed by atoms with Gasteiger partial charge in [-0.25, -0.2) is 0 Å². The first kappa shape index (κ1) is 23.5. The number of nitrogens with one attached hydrogen (secondary N) is 2. The fourth-order valence-electron chi connectivity index (χ4n) is 4.41. The van der Waals surface area contributed by atoms with Gasteiger partial charge in [0, 0.05) is 42.7 Å². The van der Waals surface area contributed by atoms with Crippen LogP contribution < -0.4 is 10.6 Å². The largest absolute Gasteiger partial charge is 0.459 e. The lowest BCUT2D eigenvalue weighted by Gasteiger charge is -2.26. The summed E-state index contributed by atoms with van der Waals surface area (Å²) in [6.07, 6.45) is 2.64. The highest BCUT2D eigenvalue weighted by Crippen LogP contribution is 2.40. The first-order chi connectivity index (χ1) is 17.6. The number of non-ortho nitro benzene ring substituents is 1. The number of thiocarbonyl (C=S) groups is 1. The molecule has 9 heteroatoms. The van der Waals surface area contributed by atoms with Gasteiger partial charge in [0.05, 0.1) is 16.7 Å². The van der Waals surface area contributed by atoms with Crippen molar-refractivity contribution in [3.8, 4) is 11.3 Å².